The van der Waals surface area contributed by atoms with Crippen molar-refractivity contribution in [2.75, 3.05) is 13.1 Å². The van der Waals surface area contributed by atoms with Gasteiger partial charge in [-0.05, 0) is 36.8 Å². The Hall–Kier alpha value is -2.27. The van der Waals surface area contributed by atoms with Gasteiger partial charge in [0, 0.05) is 18.9 Å². The summed E-state index contributed by atoms with van der Waals surface area (Å²) in [5, 5.41) is 0. The minimum absolute atomic E-state index is 0.0599. The summed E-state index contributed by atoms with van der Waals surface area (Å²) in [7, 11) is 0. The van der Waals surface area contributed by atoms with Gasteiger partial charge in [-0.2, -0.15) is 0 Å². The monoisotopic (exact) mass is 300 g/mol. The number of ether oxygens (including phenoxy) is 1. The van der Waals surface area contributed by atoms with Crippen LogP contribution in [0, 0.1) is 5.82 Å². The van der Waals surface area contributed by atoms with E-state index >= 15 is 0 Å². The van der Waals surface area contributed by atoms with Crippen molar-refractivity contribution in [2.45, 2.75) is 19.1 Å². The van der Waals surface area contributed by atoms with Crippen molar-refractivity contribution >= 4 is 5.91 Å². The van der Waals surface area contributed by atoms with Crippen LogP contribution < -0.4 is 0 Å². The maximum atomic E-state index is 13.0. The van der Waals surface area contributed by atoms with Crippen LogP contribution in [0.4, 0.5) is 4.39 Å². The lowest BCUT2D eigenvalue weighted by Crippen LogP contribution is -2.46. The van der Waals surface area contributed by atoms with Crippen LogP contribution in [0.2, 0.25) is 0 Å². The number of carbonyl (C=O) groups is 1. The van der Waals surface area contributed by atoms with Gasteiger partial charge in [-0.25, -0.2) is 4.39 Å². The third-order valence-corrected chi connectivity index (χ3v) is 3.70. The van der Waals surface area contributed by atoms with E-state index < -0.39 is 0 Å². The van der Waals surface area contributed by atoms with Crippen LogP contribution in [0.15, 0.2) is 48.8 Å². The number of aromatic nitrogens is 1. The zero-order valence-corrected chi connectivity index (χ0v) is 12.3. The Balaban J connectivity index is 1.79. The highest BCUT2D eigenvalue weighted by molar-refractivity contribution is 5.94. The van der Waals surface area contributed by atoms with Crippen molar-refractivity contribution < 1.29 is 13.9 Å². The summed E-state index contributed by atoms with van der Waals surface area (Å²) in [5.74, 6) is -0.341. The summed E-state index contributed by atoms with van der Waals surface area (Å²) in [6.45, 7) is 2.91. The summed E-state index contributed by atoms with van der Waals surface area (Å²) < 4.78 is 18.9. The van der Waals surface area contributed by atoms with Gasteiger partial charge in [-0.3, -0.25) is 9.78 Å². The van der Waals surface area contributed by atoms with Crippen LogP contribution in [-0.2, 0) is 4.74 Å². The Bertz CT molecular complexity index is 645. The molecule has 1 saturated heterocycles. The van der Waals surface area contributed by atoms with Gasteiger partial charge in [0.15, 0.2) is 0 Å². The quantitative estimate of drug-likeness (QED) is 0.856. The Labute approximate surface area is 128 Å². The third-order valence-electron chi connectivity index (χ3n) is 3.70. The number of rotatable bonds is 2. The van der Waals surface area contributed by atoms with Gasteiger partial charge in [0.05, 0.1) is 18.2 Å². The second-order valence-corrected chi connectivity index (χ2v) is 5.44. The summed E-state index contributed by atoms with van der Waals surface area (Å²) >= 11 is 0. The van der Waals surface area contributed by atoms with Gasteiger partial charge in [0.2, 0.25) is 0 Å². The molecule has 0 spiro atoms. The molecular weight excluding hydrogens is 283 g/mol. The van der Waals surface area contributed by atoms with E-state index in [4.69, 9.17) is 4.74 Å². The molecule has 0 bridgehead atoms. The van der Waals surface area contributed by atoms with Crippen molar-refractivity contribution in [3.05, 3.63) is 65.7 Å². The summed E-state index contributed by atoms with van der Waals surface area (Å²) in [5.41, 5.74) is 1.44. The molecule has 1 fully saturated rings. The SMILES string of the molecule is CC1CN(C(=O)c2cccnc2)CC(c2ccc(F)cc2)O1. The highest BCUT2D eigenvalue weighted by Crippen LogP contribution is 2.26. The van der Waals surface area contributed by atoms with Crippen molar-refractivity contribution in [3.8, 4) is 0 Å². The molecule has 1 aliphatic rings. The molecule has 1 aromatic carbocycles. The Morgan fingerprint density at radius 2 is 2.05 bits per heavy atom. The molecule has 2 unspecified atom stereocenters. The number of benzene rings is 1. The minimum Gasteiger partial charge on any atom is -0.367 e. The number of carbonyl (C=O) groups excluding carboxylic acids is 1. The summed E-state index contributed by atoms with van der Waals surface area (Å²) in [4.78, 5) is 18.3. The van der Waals surface area contributed by atoms with E-state index in [1.165, 1.54) is 12.1 Å². The molecule has 2 atom stereocenters. The van der Waals surface area contributed by atoms with Crippen molar-refractivity contribution in [1.82, 2.24) is 9.88 Å². The van der Waals surface area contributed by atoms with E-state index in [2.05, 4.69) is 4.98 Å². The standard InChI is InChI=1S/C17H17FN2O2/c1-12-10-20(17(21)14-3-2-8-19-9-14)11-16(22-12)13-4-6-15(18)7-5-13/h2-9,12,16H,10-11H2,1H3. The van der Waals surface area contributed by atoms with Crippen LogP contribution in [0.3, 0.4) is 0 Å². The van der Waals surface area contributed by atoms with Crippen LogP contribution >= 0.6 is 0 Å². The largest absolute Gasteiger partial charge is 0.367 e. The number of hydrogen-bond donors (Lipinski definition) is 0. The molecule has 114 valence electrons. The highest BCUT2D eigenvalue weighted by atomic mass is 19.1. The van der Waals surface area contributed by atoms with Gasteiger partial charge in [-0.1, -0.05) is 12.1 Å². The van der Waals surface area contributed by atoms with Crippen LogP contribution in [0.5, 0.6) is 0 Å². The second kappa shape index (κ2) is 6.23. The van der Waals surface area contributed by atoms with Gasteiger partial charge >= 0.3 is 0 Å². The Kier molecular flexibility index (Phi) is 4.15. The van der Waals surface area contributed by atoms with Gasteiger partial charge in [-0.15, -0.1) is 0 Å². The fraction of sp³-hybridized carbons (Fsp3) is 0.294. The van der Waals surface area contributed by atoms with Crippen LogP contribution in [0.25, 0.3) is 0 Å². The first-order valence-electron chi connectivity index (χ1n) is 7.23. The predicted molar refractivity (Wildman–Crippen MR) is 79.8 cm³/mol. The molecule has 1 amide bonds. The smallest absolute Gasteiger partial charge is 0.255 e. The zero-order chi connectivity index (χ0) is 15.5. The van der Waals surface area contributed by atoms with Crippen LogP contribution in [0.1, 0.15) is 28.9 Å². The lowest BCUT2D eigenvalue weighted by atomic mass is 10.1. The van der Waals surface area contributed by atoms with Crippen molar-refractivity contribution in [3.63, 3.8) is 0 Å². The molecule has 1 aliphatic heterocycles. The van der Waals surface area contributed by atoms with Crippen LogP contribution in [-0.4, -0.2) is 35.0 Å². The van der Waals surface area contributed by atoms with E-state index in [0.717, 1.165) is 5.56 Å². The van der Waals surface area contributed by atoms with Crippen molar-refractivity contribution in [1.29, 1.82) is 0 Å². The molecule has 2 heterocycles. The number of morpholine rings is 1. The third kappa shape index (κ3) is 3.14. The molecule has 5 heteroatoms. The van der Waals surface area contributed by atoms with E-state index in [0.29, 0.717) is 18.7 Å². The minimum atomic E-state index is -0.282. The fourth-order valence-electron chi connectivity index (χ4n) is 2.65. The second-order valence-electron chi connectivity index (χ2n) is 5.44. The molecule has 0 radical (unpaired) electrons. The van der Waals surface area contributed by atoms with E-state index in [1.807, 2.05) is 6.92 Å². The highest BCUT2D eigenvalue weighted by Gasteiger charge is 2.29. The molecule has 0 saturated carbocycles. The Morgan fingerprint density at radius 3 is 2.73 bits per heavy atom. The number of amides is 1. The maximum absolute atomic E-state index is 13.0. The first-order chi connectivity index (χ1) is 10.6. The average Bonchev–Trinajstić information content (AvgIpc) is 2.55. The first kappa shape index (κ1) is 14.7. The van der Waals surface area contributed by atoms with E-state index in [1.54, 1.807) is 41.6 Å². The fourth-order valence-corrected chi connectivity index (χ4v) is 2.65. The number of nitrogens with zero attached hydrogens (tertiary/aromatic N) is 2. The Morgan fingerprint density at radius 1 is 1.27 bits per heavy atom. The molecule has 3 rings (SSSR count). The number of hydrogen-bond acceptors (Lipinski definition) is 3. The lowest BCUT2D eigenvalue weighted by Gasteiger charge is -2.37. The topological polar surface area (TPSA) is 42.4 Å². The van der Waals surface area contributed by atoms with E-state index in [9.17, 15) is 9.18 Å². The normalized spacial score (nSPS) is 21.6. The molecule has 22 heavy (non-hydrogen) atoms. The number of halogens is 1. The molecule has 2 aromatic rings. The first-order valence-corrected chi connectivity index (χ1v) is 7.23. The van der Waals surface area contributed by atoms with Gasteiger partial charge in [0.1, 0.15) is 11.9 Å². The number of pyridine rings is 1. The van der Waals surface area contributed by atoms with Gasteiger partial charge in [0.25, 0.3) is 5.91 Å². The molecule has 4 nitrogen and oxygen atoms in total. The molecular formula is C17H17FN2O2. The van der Waals surface area contributed by atoms with Crippen molar-refractivity contribution in [2.24, 2.45) is 0 Å². The summed E-state index contributed by atoms with van der Waals surface area (Å²) in [6, 6.07) is 9.71. The van der Waals surface area contributed by atoms with E-state index in [-0.39, 0.29) is 23.9 Å². The molecule has 0 aliphatic carbocycles. The molecule has 1 aromatic heterocycles. The summed E-state index contributed by atoms with van der Waals surface area (Å²) in [6.07, 6.45) is 2.88. The average molecular weight is 300 g/mol. The zero-order valence-electron chi connectivity index (χ0n) is 12.3. The maximum Gasteiger partial charge on any atom is 0.255 e. The molecule has 0 N–H and O–H groups in total. The lowest BCUT2D eigenvalue weighted by molar-refractivity contribution is -0.0692. The predicted octanol–water partition coefficient (Wildman–Crippen LogP) is 2.82. The van der Waals surface area contributed by atoms with Gasteiger partial charge < -0.3 is 9.64 Å².